The predicted molar refractivity (Wildman–Crippen MR) is 112 cm³/mol. The van der Waals surface area contributed by atoms with Crippen LogP contribution in [0.1, 0.15) is 20.7 Å². The van der Waals surface area contributed by atoms with Crippen molar-refractivity contribution >= 4 is 28.5 Å². The third kappa shape index (κ3) is 4.89. The lowest BCUT2D eigenvalue weighted by Crippen LogP contribution is -2.19. The highest BCUT2D eigenvalue weighted by molar-refractivity contribution is 6.12. The van der Waals surface area contributed by atoms with Crippen molar-refractivity contribution in [2.24, 2.45) is 0 Å². The summed E-state index contributed by atoms with van der Waals surface area (Å²) in [6.45, 7) is 1.38. The zero-order valence-corrected chi connectivity index (χ0v) is 16.6. The van der Waals surface area contributed by atoms with E-state index in [4.69, 9.17) is 9.47 Å². The van der Waals surface area contributed by atoms with Gasteiger partial charge in [0.15, 0.2) is 0 Å². The third-order valence-corrected chi connectivity index (χ3v) is 4.35. The van der Waals surface area contributed by atoms with Gasteiger partial charge in [-0.25, -0.2) is 4.79 Å². The fourth-order valence-corrected chi connectivity index (χ4v) is 2.80. The van der Waals surface area contributed by atoms with E-state index >= 15 is 0 Å². The molecule has 0 atom stereocenters. The Morgan fingerprint density at radius 2 is 1.83 bits per heavy atom. The van der Waals surface area contributed by atoms with Crippen LogP contribution in [0.2, 0.25) is 0 Å². The Labute approximate surface area is 169 Å². The lowest BCUT2D eigenvalue weighted by molar-refractivity contribution is 0.0603. The molecule has 0 bridgehead atoms. The average molecular weight is 393 g/mol. The number of hydrogen-bond donors (Lipinski definition) is 1. The summed E-state index contributed by atoms with van der Waals surface area (Å²) < 4.78 is 10.5. The Morgan fingerprint density at radius 3 is 2.52 bits per heavy atom. The highest BCUT2D eigenvalue weighted by Crippen LogP contribution is 2.26. The van der Waals surface area contributed by atoms with E-state index in [0.29, 0.717) is 40.1 Å². The summed E-state index contributed by atoms with van der Waals surface area (Å²) in [5.74, 6) is -0.0220. The van der Waals surface area contributed by atoms with Gasteiger partial charge >= 0.3 is 5.97 Å². The summed E-state index contributed by atoms with van der Waals surface area (Å²) in [5, 5.41) is 3.47. The first-order valence-electron chi connectivity index (χ1n) is 9.14. The topological polar surface area (TPSA) is 80.8 Å². The van der Waals surface area contributed by atoms with Gasteiger partial charge in [0, 0.05) is 23.7 Å². The maximum absolute atomic E-state index is 12.7. The molecule has 1 amide bonds. The van der Waals surface area contributed by atoms with Gasteiger partial charge in [0.2, 0.25) is 0 Å². The molecule has 0 spiro atoms. The molecule has 0 radical (unpaired) electrons. The number of ether oxygens (including phenoxy) is 2. The van der Waals surface area contributed by atoms with E-state index in [1.807, 2.05) is 19.0 Å². The zero-order valence-electron chi connectivity index (χ0n) is 16.6. The molecule has 0 unspecified atom stereocenters. The van der Waals surface area contributed by atoms with Crippen LogP contribution in [0, 0.1) is 0 Å². The van der Waals surface area contributed by atoms with Gasteiger partial charge in [0.1, 0.15) is 12.4 Å². The summed E-state index contributed by atoms with van der Waals surface area (Å²) in [4.78, 5) is 31.0. The van der Waals surface area contributed by atoms with Crippen LogP contribution >= 0.6 is 0 Å². The summed E-state index contributed by atoms with van der Waals surface area (Å²) >= 11 is 0. The van der Waals surface area contributed by atoms with E-state index in [-0.39, 0.29) is 5.91 Å². The number of nitrogens with zero attached hydrogens (tertiary/aromatic N) is 2. The molecule has 1 N–H and O–H groups in total. The minimum Gasteiger partial charge on any atom is -0.492 e. The summed E-state index contributed by atoms with van der Waals surface area (Å²) in [7, 11) is 5.29. The molecule has 29 heavy (non-hydrogen) atoms. The number of rotatable bonds is 7. The van der Waals surface area contributed by atoms with Crippen LogP contribution in [-0.2, 0) is 4.74 Å². The van der Waals surface area contributed by atoms with Gasteiger partial charge in [-0.15, -0.1) is 0 Å². The van der Waals surface area contributed by atoms with E-state index in [1.54, 1.807) is 54.7 Å². The SMILES string of the molecule is COC(=O)c1ccc(NC(=O)c2ccc(OCCN(C)C)cc2)c2ncccc12. The van der Waals surface area contributed by atoms with Crippen LogP contribution < -0.4 is 10.1 Å². The first-order valence-corrected chi connectivity index (χ1v) is 9.14. The second-order valence-corrected chi connectivity index (χ2v) is 6.68. The molecule has 0 aliphatic carbocycles. The lowest BCUT2D eigenvalue weighted by Gasteiger charge is -2.12. The molecular weight excluding hydrogens is 370 g/mol. The molecule has 7 heteroatoms. The van der Waals surface area contributed by atoms with Crippen molar-refractivity contribution in [2.75, 3.05) is 39.7 Å². The minimum atomic E-state index is -0.453. The van der Waals surface area contributed by atoms with E-state index in [9.17, 15) is 9.59 Å². The summed E-state index contributed by atoms with van der Waals surface area (Å²) in [6, 6.07) is 13.7. The number of likely N-dealkylation sites (N-methyl/N-ethyl adjacent to an activating group) is 1. The number of fused-ring (bicyclic) bond motifs is 1. The molecule has 0 saturated heterocycles. The van der Waals surface area contributed by atoms with E-state index in [2.05, 4.69) is 10.3 Å². The van der Waals surface area contributed by atoms with Crippen molar-refractivity contribution in [3.63, 3.8) is 0 Å². The van der Waals surface area contributed by atoms with Crippen LogP contribution in [-0.4, -0.2) is 56.1 Å². The molecule has 2 aromatic carbocycles. The van der Waals surface area contributed by atoms with Gasteiger partial charge in [0.25, 0.3) is 5.91 Å². The molecular formula is C22H23N3O4. The summed E-state index contributed by atoms with van der Waals surface area (Å²) in [5.41, 5.74) is 1.93. The van der Waals surface area contributed by atoms with Crippen LogP contribution in [0.5, 0.6) is 5.75 Å². The first-order chi connectivity index (χ1) is 14.0. The number of methoxy groups -OCH3 is 1. The van der Waals surface area contributed by atoms with Crippen molar-refractivity contribution in [1.29, 1.82) is 0 Å². The number of hydrogen-bond acceptors (Lipinski definition) is 6. The molecule has 3 rings (SSSR count). The number of anilines is 1. The van der Waals surface area contributed by atoms with Crippen LogP contribution in [0.4, 0.5) is 5.69 Å². The standard InChI is InChI=1S/C22H23N3O4/c1-25(2)13-14-29-16-8-6-15(7-9-16)21(26)24-19-11-10-18(22(27)28-3)17-5-4-12-23-20(17)19/h4-12H,13-14H2,1-3H3,(H,24,26). The van der Waals surface area contributed by atoms with Crippen molar-refractivity contribution in [2.45, 2.75) is 0 Å². The van der Waals surface area contributed by atoms with Gasteiger partial charge in [0.05, 0.1) is 23.9 Å². The van der Waals surface area contributed by atoms with Gasteiger partial charge in [-0.2, -0.15) is 0 Å². The van der Waals surface area contributed by atoms with Gasteiger partial charge < -0.3 is 19.7 Å². The third-order valence-electron chi connectivity index (χ3n) is 4.35. The normalized spacial score (nSPS) is 10.8. The fraction of sp³-hybridized carbons (Fsp3) is 0.227. The number of nitrogens with one attached hydrogen (secondary N) is 1. The molecule has 7 nitrogen and oxygen atoms in total. The Hall–Kier alpha value is -3.45. The number of pyridine rings is 1. The predicted octanol–water partition coefficient (Wildman–Crippen LogP) is 3.21. The number of amides is 1. The Kier molecular flexibility index (Phi) is 6.41. The molecule has 0 saturated carbocycles. The second kappa shape index (κ2) is 9.16. The first kappa shape index (κ1) is 20.3. The molecule has 150 valence electrons. The van der Waals surface area contributed by atoms with Crippen molar-refractivity contribution in [1.82, 2.24) is 9.88 Å². The van der Waals surface area contributed by atoms with Crippen LogP contribution in [0.25, 0.3) is 10.9 Å². The number of carbonyl (C=O) groups excluding carboxylic acids is 2. The van der Waals surface area contributed by atoms with Gasteiger partial charge in [-0.1, -0.05) is 6.07 Å². The largest absolute Gasteiger partial charge is 0.492 e. The number of carbonyl (C=O) groups is 2. The Bertz CT molecular complexity index is 1020. The smallest absolute Gasteiger partial charge is 0.338 e. The highest BCUT2D eigenvalue weighted by atomic mass is 16.5. The number of benzene rings is 2. The van der Waals surface area contributed by atoms with Crippen molar-refractivity contribution < 1.29 is 19.1 Å². The molecule has 1 heterocycles. The molecule has 3 aromatic rings. The van der Waals surface area contributed by atoms with E-state index in [0.717, 1.165) is 6.54 Å². The van der Waals surface area contributed by atoms with E-state index in [1.165, 1.54) is 7.11 Å². The Morgan fingerprint density at radius 1 is 1.07 bits per heavy atom. The average Bonchev–Trinajstić information content (AvgIpc) is 2.73. The molecule has 0 aliphatic rings. The molecule has 0 fully saturated rings. The molecule has 0 aliphatic heterocycles. The minimum absolute atomic E-state index is 0.275. The quantitative estimate of drug-likeness (QED) is 0.621. The van der Waals surface area contributed by atoms with Gasteiger partial charge in [-0.3, -0.25) is 9.78 Å². The monoisotopic (exact) mass is 393 g/mol. The highest BCUT2D eigenvalue weighted by Gasteiger charge is 2.15. The van der Waals surface area contributed by atoms with Crippen molar-refractivity contribution in [3.8, 4) is 5.75 Å². The summed E-state index contributed by atoms with van der Waals surface area (Å²) in [6.07, 6.45) is 1.61. The number of aromatic nitrogens is 1. The number of esters is 1. The fourth-order valence-electron chi connectivity index (χ4n) is 2.80. The maximum atomic E-state index is 12.7. The maximum Gasteiger partial charge on any atom is 0.338 e. The van der Waals surface area contributed by atoms with Crippen LogP contribution in [0.15, 0.2) is 54.7 Å². The van der Waals surface area contributed by atoms with Gasteiger partial charge in [-0.05, 0) is 56.6 Å². The Balaban J connectivity index is 1.77. The lowest BCUT2D eigenvalue weighted by atomic mass is 10.1. The van der Waals surface area contributed by atoms with Crippen LogP contribution in [0.3, 0.4) is 0 Å². The van der Waals surface area contributed by atoms with E-state index < -0.39 is 5.97 Å². The second-order valence-electron chi connectivity index (χ2n) is 6.68. The zero-order chi connectivity index (χ0) is 20.8. The molecule has 1 aromatic heterocycles. The van der Waals surface area contributed by atoms with Crippen molar-refractivity contribution in [3.05, 3.63) is 65.9 Å².